The van der Waals surface area contributed by atoms with E-state index >= 15 is 0 Å². The van der Waals surface area contributed by atoms with Gasteiger partial charge >= 0.3 is 0 Å². The fourth-order valence-corrected chi connectivity index (χ4v) is 3.52. The Morgan fingerprint density at radius 2 is 1.84 bits per heavy atom. The number of halogens is 4. The molecule has 0 radical (unpaired) electrons. The van der Waals surface area contributed by atoms with Gasteiger partial charge < -0.3 is 19.9 Å². The second-order valence-corrected chi connectivity index (χ2v) is 6.98. The Hall–Kier alpha value is -3.56. The van der Waals surface area contributed by atoms with Crippen LogP contribution < -0.4 is 15.4 Å². The van der Waals surface area contributed by atoms with Gasteiger partial charge in [0.25, 0.3) is 6.43 Å². The number of hydrogen-bond acceptors (Lipinski definition) is 5. The minimum Gasteiger partial charge on any atom is -0.497 e. The van der Waals surface area contributed by atoms with Crippen LogP contribution in [0.4, 0.5) is 23.4 Å². The SMILES string of the molecule is COc1cc(F)c(C2CNC(=O)[C@@H]2Nc2cc(-c3ccc(C(F)F)cc3)on2)c(F)c1. The summed E-state index contributed by atoms with van der Waals surface area (Å²) in [6, 6.07) is 8.02. The highest BCUT2D eigenvalue weighted by Crippen LogP contribution is 2.33. The maximum atomic E-state index is 14.5. The largest absolute Gasteiger partial charge is 0.497 e. The summed E-state index contributed by atoms with van der Waals surface area (Å²) in [5.41, 5.74) is 0.128. The number of nitrogens with one attached hydrogen (secondary N) is 2. The average molecular weight is 435 g/mol. The van der Waals surface area contributed by atoms with Crippen molar-refractivity contribution in [2.75, 3.05) is 19.0 Å². The molecule has 2 N–H and O–H groups in total. The minimum absolute atomic E-state index is 0.0243. The quantitative estimate of drug-likeness (QED) is 0.566. The molecule has 0 bridgehead atoms. The zero-order valence-corrected chi connectivity index (χ0v) is 16.2. The Labute approximate surface area is 174 Å². The highest BCUT2D eigenvalue weighted by Gasteiger charge is 2.39. The fraction of sp³-hybridized carbons (Fsp3) is 0.238. The van der Waals surface area contributed by atoms with E-state index in [1.54, 1.807) is 0 Å². The van der Waals surface area contributed by atoms with Gasteiger partial charge in [0.1, 0.15) is 23.4 Å². The predicted molar refractivity (Wildman–Crippen MR) is 103 cm³/mol. The molecule has 1 aromatic heterocycles. The highest BCUT2D eigenvalue weighted by atomic mass is 19.3. The van der Waals surface area contributed by atoms with Crippen LogP contribution in [0, 0.1) is 11.6 Å². The Kier molecular flexibility index (Phi) is 5.53. The number of carbonyl (C=O) groups excluding carboxylic acids is 1. The summed E-state index contributed by atoms with van der Waals surface area (Å²) < 4.78 is 64.5. The van der Waals surface area contributed by atoms with Crippen molar-refractivity contribution in [3.05, 3.63) is 65.2 Å². The average Bonchev–Trinajstić information content (AvgIpc) is 3.36. The molecule has 0 saturated carbocycles. The van der Waals surface area contributed by atoms with Gasteiger partial charge in [-0.15, -0.1) is 0 Å². The lowest BCUT2D eigenvalue weighted by molar-refractivity contribution is -0.119. The molecule has 1 unspecified atom stereocenters. The van der Waals surface area contributed by atoms with Crippen molar-refractivity contribution in [2.24, 2.45) is 0 Å². The number of benzene rings is 2. The summed E-state index contributed by atoms with van der Waals surface area (Å²) in [5.74, 6) is -2.49. The summed E-state index contributed by atoms with van der Waals surface area (Å²) in [4.78, 5) is 12.3. The summed E-state index contributed by atoms with van der Waals surface area (Å²) in [5, 5.41) is 9.25. The molecule has 1 amide bonds. The van der Waals surface area contributed by atoms with Crippen molar-refractivity contribution in [3.8, 4) is 17.1 Å². The Morgan fingerprint density at radius 1 is 1.16 bits per heavy atom. The number of carbonyl (C=O) groups is 1. The zero-order valence-electron chi connectivity index (χ0n) is 16.2. The Bertz CT molecular complexity index is 1080. The summed E-state index contributed by atoms with van der Waals surface area (Å²) >= 11 is 0. The molecule has 1 aliphatic rings. The first kappa shape index (κ1) is 20.7. The van der Waals surface area contributed by atoms with Crippen LogP contribution in [-0.4, -0.2) is 30.8 Å². The van der Waals surface area contributed by atoms with E-state index in [4.69, 9.17) is 9.26 Å². The minimum atomic E-state index is -2.59. The van der Waals surface area contributed by atoms with Gasteiger partial charge in [-0.25, -0.2) is 17.6 Å². The molecule has 4 rings (SSSR count). The van der Waals surface area contributed by atoms with E-state index < -0.39 is 35.9 Å². The fourth-order valence-electron chi connectivity index (χ4n) is 3.52. The number of aromatic nitrogens is 1. The molecular formula is C21H17F4N3O3. The summed E-state index contributed by atoms with van der Waals surface area (Å²) in [6.07, 6.45) is -2.59. The Balaban J connectivity index is 1.57. The lowest BCUT2D eigenvalue weighted by Crippen LogP contribution is -2.33. The topological polar surface area (TPSA) is 76.4 Å². The molecule has 1 saturated heterocycles. The predicted octanol–water partition coefficient (Wildman–Crippen LogP) is 4.26. The van der Waals surface area contributed by atoms with Gasteiger partial charge in [0.05, 0.1) is 7.11 Å². The van der Waals surface area contributed by atoms with Crippen LogP contribution in [-0.2, 0) is 4.79 Å². The number of rotatable bonds is 6. The smallest absolute Gasteiger partial charge is 0.263 e. The van der Waals surface area contributed by atoms with Crippen LogP contribution in [0.15, 0.2) is 47.0 Å². The number of ether oxygens (including phenoxy) is 1. The van der Waals surface area contributed by atoms with E-state index in [2.05, 4.69) is 15.8 Å². The number of hydrogen-bond donors (Lipinski definition) is 2. The molecule has 10 heteroatoms. The second kappa shape index (κ2) is 8.29. The van der Waals surface area contributed by atoms with Crippen molar-refractivity contribution in [2.45, 2.75) is 18.4 Å². The van der Waals surface area contributed by atoms with Gasteiger partial charge in [0.15, 0.2) is 11.6 Å². The van der Waals surface area contributed by atoms with Gasteiger partial charge in [-0.3, -0.25) is 4.79 Å². The molecule has 6 nitrogen and oxygen atoms in total. The Morgan fingerprint density at radius 3 is 2.45 bits per heavy atom. The van der Waals surface area contributed by atoms with E-state index in [1.807, 2.05) is 0 Å². The zero-order chi connectivity index (χ0) is 22.1. The van der Waals surface area contributed by atoms with Crippen molar-refractivity contribution < 1.29 is 31.6 Å². The molecule has 1 fully saturated rings. The van der Waals surface area contributed by atoms with Crippen molar-refractivity contribution in [1.82, 2.24) is 10.5 Å². The van der Waals surface area contributed by atoms with Crippen LogP contribution in [0.1, 0.15) is 23.5 Å². The molecular weight excluding hydrogens is 418 g/mol. The van der Waals surface area contributed by atoms with E-state index in [0.29, 0.717) is 5.56 Å². The molecule has 2 atom stereocenters. The maximum absolute atomic E-state index is 14.5. The van der Waals surface area contributed by atoms with Crippen LogP contribution in [0.2, 0.25) is 0 Å². The second-order valence-electron chi connectivity index (χ2n) is 6.98. The number of alkyl halides is 2. The third kappa shape index (κ3) is 4.05. The number of anilines is 1. The molecule has 162 valence electrons. The third-order valence-electron chi connectivity index (χ3n) is 5.10. The van der Waals surface area contributed by atoms with Crippen LogP contribution in [0.5, 0.6) is 5.75 Å². The van der Waals surface area contributed by atoms with Gasteiger partial charge in [0.2, 0.25) is 5.91 Å². The first-order chi connectivity index (χ1) is 14.9. The molecule has 2 aromatic carbocycles. The first-order valence-electron chi connectivity index (χ1n) is 9.29. The molecule has 3 aromatic rings. The molecule has 31 heavy (non-hydrogen) atoms. The lowest BCUT2D eigenvalue weighted by Gasteiger charge is -2.19. The third-order valence-corrected chi connectivity index (χ3v) is 5.10. The molecule has 0 spiro atoms. The van der Waals surface area contributed by atoms with E-state index in [9.17, 15) is 22.4 Å². The number of nitrogens with zero attached hydrogens (tertiary/aromatic N) is 1. The van der Waals surface area contributed by atoms with Gasteiger partial charge in [-0.2, -0.15) is 0 Å². The highest BCUT2D eigenvalue weighted by molar-refractivity contribution is 5.88. The van der Waals surface area contributed by atoms with Crippen molar-refractivity contribution >= 4 is 11.7 Å². The van der Waals surface area contributed by atoms with Gasteiger partial charge in [-0.05, 0) is 0 Å². The molecule has 0 aliphatic carbocycles. The molecule has 1 aliphatic heterocycles. The monoisotopic (exact) mass is 435 g/mol. The van der Waals surface area contributed by atoms with E-state index in [0.717, 1.165) is 12.1 Å². The number of methoxy groups -OCH3 is 1. The maximum Gasteiger partial charge on any atom is 0.263 e. The normalized spacial score (nSPS) is 18.3. The lowest BCUT2D eigenvalue weighted by atomic mass is 9.92. The van der Waals surface area contributed by atoms with Crippen molar-refractivity contribution in [1.29, 1.82) is 0 Å². The van der Waals surface area contributed by atoms with Gasteiger partial charge in [0, 0.05) is 47.4 Å². The van der Waals surface area contributed by atoms with Crippen molar-refractivity contribution in [3.63, 3.8) is 0 Å². The van der Waals surface area contributed by atoms with Crippen LogP contribution in [0.3, 0.4) is 0 Å². The van der Waals surface area contributed by atoms with Crippen LogP contribution in [0.25, 0.3) is 11.3 Å². The summed E-state index contributed by atoms with van der Waals surface area (Å²) in [7, 11) is 1.29. The van der Waals surface area contributed by atoms with E-state index in [-0.39, 0.29) is 35.0 Å². The number of amides is 1. The summed E-state index contributed by atoms with van der Waals surface area (Å²) in [6.45, 7) is 0.0243. The first-order valence-corrected chi connectivity index (χ1v) is 9.29. The van der Waals surface area contributed by atoms with Crippen LogP contribution >= 0.6 is 0 Å². The standard InChI is InChI=1S/C21H17F4N3O3/c1-30-12-6-14(22)18(15(23)7-12)13-9-26-21(29)19(13)27-17-8-16(31-28-17)10-2-4-11(5-3-10)20(24)25/h2-8,13,19-20H,9H2,1H3,(H,26,29)(H,27,28)/t13?,19-/m1/s1. The van der Waals surface area contributed by atoms with Gasteiger partial charge in [-0.1, -0.05) is 29.4 Å². The van der Waals surface area contributed by atoms with E-state index in [1.165, 1.54) is 37.4 Å². The molecule has 2 heterocycles.